The molecule has 0 heterocycles. The molecule has 0 bridgehead atoms. The highest BCUT2D eigenvalue weighted by Crippen LogP contribution is 2.39. The van der Waals surface area contributed by atoms with Crippen LogP contribution in [0, 0.1) is 11.8 Å². The minimum atomic E-state index is -2.76. The molecule has 5 nitrogen and oxygen atoms in total. The molecule has 198 valence electrons. The smallest absolute Gasteiger partial charge is 0.407 e. The molecule has 2 aromatic carbocycles. The standard InChI is InChI=1S/C30H45NO4Si/c1-29(2,3)35-28(33)31-27(26(20-21-32)23-14-13-15-23)22-34-36(30(4,5)6,24-16-9-7-10-17-24)25-18-11-8-12-19-25/h7-12,16-19,23,26-27,32H,13-15,20-22H2,1-6H3,(H,31,33)/t26-,27-/m0/s1. The Kier molecular flexibility index (Phi) is 9.42. The second-order valence-corrected chi connectivity index (χ2v) is 16.4. The predicted octanol–water partition coefficient (Wildman–Crippen LogP) is 5.26. The minimum Gasteiger partial charge on any atom is -0.444 e. The van der Waals surface area contributed by atoms with Crippen LogP contribution in [0.2, 0.25) is 5.04 Å². The Balaban J connectivity index is 2.01. The summed E-state index contributed by atoms with van der Waals surface area (Å²) in [5.41, 5.74) is -0.587. The molecule has 1 amide bonds. The van der Waals surface area contributed by atoms with Crippen LogP contribution < -0.4 is 15.7 Å². The van der Waals surface area contributed by atoms with E-state index in [1.807, 2.05) is 32.9 Å². The van der Waals surface area contributed by atoms with Crippen molar-refractivity contribution in [2.24, 2.45) is 11.8 Å². The molecule has 2 N–H and O–H groups in total. The van der Waals surface area contributed by atoms with Gasteiger partial charge in [0, 0.05) is 6.61 Å². The van der Waals surface area contributed by atoms with E-state index in [4.69, 9.17) is 9.16 Å². The highest BCUT2D eigenvalue weighted by atomic mass is 28.4. The van der Waals surface area contributed by atoms with Crippen LogP contribution in [-0.4, -0.2) is 44.4 Å². The van der Waals surface area contributed by atoms with Crippen molar-refractivity contribution in [3.05, 3.63) is 60.7 Å². The number of nitrogens with one attached hydrogen (secondary N) is 1. The van der Waals surface area contributed by atoms with E-state index in [2.05, 4.69) is 74.6 Å². The summed E-state index contributed by atoms with van der Waals surface area (Å²) in [6, 6.07) is 20.9. The third-order valence-corrected chi connectivity index (χ3v) is 12.3. The molecule has 1 saturated carbocycles. The molecule has 0 aromatic heterocycles. The number of carbonyl (C=O) groups is 1. The van der Waals surface area contributed by atoms with E-state index in [1.165, 1.54) is 16.8 Å². The van der Waals surface area contributed by atoms with Crippen LogP contribution in [0.1, 0.15) is 67.2 Å². The maximum absolute atomic E-state index is 12.9. The van der Waals surface area contributed by atoms with Gasteiger partial charge >= 0.3 is 6.09 Å². The van der Waals surface area contributed by atoms with E-state index in [0.29, 0.717) is 18.9 Å². The lowest BCUT2D eigenvalue weighted by Crippen LogP contribution is -2.67. The van der Waals surface area contributed by atoms with Gasteiger partial charge in [0.2, 0.25) is 0 Å². The van der Waals surface area contributed by atoms with Crippen molar-refractivity contribution in [1.82, 2.24) is 5.32 Å². The molecule has 0 unspecified atom stereocenters. The Morgan fingerprint density at radius 1 is 0.972 bits per heavy atom. The van der Waals surface area contributed by atoms with Gasteiger partial charge in [0.25, 0.3) is 8.32 Å². The zero-order valence-electron chi connectivity index (χ0n) is 22.9. The van der Waals surface area contributed by atoms with Gasteiger partial charge in [0.15, 0.2) is 0 Å². The van der Waals surface area contributed by atoms with Gasteiger partial charge in [0.1, 0.15) is 5.60 Å². The number of ether oxygens (including phenoxy) is 1. The highest BCUT2D eigenvalue weighted by molar-refractivity contribution is 6.99. The molecule has 3 rings (SSSR count). The molecular formula is C30H45NO4Si. The number of aliphatic hydroxyl groups excluding tert-OH is 1. The van der Waals surface area contributed by atoms with Crippen LogP contribution in [0.15, 0.2) is 60.7 Å². The second kappa shape index (κ2) is 11.9. The molecule has 0 aliphatic heterocycles. The average Bonchev–Trinajstić information content (AvgIpc) is 2.76. The SMILES string of the molecule is CC(C)(C)OC(=O)N[C@@H](CO[Si](c1ccccc1)(c1ccccc1)C(C)(C)C)[C@@H](CCO)C1CCC1. The van der Waals surface area contributed by atoms with E-state index in [9.17, 15) is 9.90 Å². The van der Waals surface area contributed by atoms with Gasteiger partial charge in [-0.05, 0) is 54.4 Å². The number of alkyl carbamates (subject to hydrolysis) is 1. The minimum absolute atomic E-state index is 0.0902. The van der Waals surface area contributed by atoms with Crippen LogP contribution in [0.25, 0.3) is 0 Å². The number of rotatable bonds is 10. The molecule has 2 atom stereocenters. The lowest BCUT2D eigenvalue weighted by Gasteiger charge is -2.45. The van der Waals surface area contributed by atoms with Crippen molar-refractivity contribution in [2.75, 3.05) is 13.2 Å². The summed E-state index contributed by atoms with van der Waals surface area (Å²) >= 11 is 0. The largest absolute Gasteiger partial charge is 0.444 e. The van der Waals surface area contributed by atoms with Gasteiger partial charge in [0.05, 0.1) is 12.6 Å². The maximum atomic E-state index is 12.9. The molecule has 36 heavy (non-hydrogen) atoms. The first-order chi connectivity index (χ1) is 17.0. The van der Waals surface area contributed by atoms with Crippen LogP contribution in [0.4, 0.5) is 4.79 Å². The summed E-state index contributed by atoms with van der Waals surface area (Å²) < 4.78 is 12.8. The van der Waals surface area contributed by atoms with Crippen LogP contribution in [0.3, 0.4) is 0 Å². The van der Waals surface area contributed by atoms with E-state index in [-0.39, 0.29) is 23.6 Å². The molecule has 0 radical (unpaired) electrons. The quantitative estimate of drug-likeness (QED) is 0.427. The van der Waals surface area contributed by atoms with Crippen LogP contribution >= 0.6 is 0 Å². The van der Waals surface area contributed by atoms with Gasteiger partial charge in [-0.15, -0.1) is 0 Å². The Labute approximate surface area is 218 Å². The second-order valence-electron chi connectivity index (χ2n) is 12.1. The van der Waals surface area contributed by atoms with E-state index >= 15 is 0 Å². The number of benzene rings is 2. The van der Waals surface area contributed by atoms with Crippen molar-refractivity contribution in [3.8, 4) is 0 Å². The summed E-state index contributed by atoms with van der Waals surface area (Å²) in [5.74, 6) is 0.606. The summed E-state index contributed by atoms with van der Waals surface area (Å²) in [6.45, 7) is 12.8. The Bertz CT molecular complexity index is 909. The predicted molar refractivity (Wildman–Crippen MR) is 149 cm³/mol. The molecule has 1 fully saturated rings. The van der Waals surface area contributed by atoms with E-state index in [1.54, 1.807) is 0 Å². The first-order valence-corrected chi connectivity index (χ1v) is 15.2. The lowest BCUT2D eigenvalue weighted by molar-refractivity contribution is 0.0381. The fourth-order valence-electron chi connectivity index (χ4n) is 5.49. The average molecular weight is 512 g/mol. The van der Waals surface area contributed by atoms with Gasteiger partial charge < -0.3 is 19.6 Å². The molecular weight excluding hydrogens is 466 g/mol. The summed E-state index contributed by atoms with van der Waals surface area (Å²) in [7, 11) is -2.76. The van der Waals surface area contributed by atoms with Gasteiger partial charge in [-0.2, -0.15) is 0 Å². The monoisotopic (exact) mass is 511 g/mol. The topological polar surface area (TPSA) is 67.8 Å². The van der Waals surface area contributed by atoms with Crippen molar-refractivity contribution >= 4 is 24.8 Å². The van der Waals surface area contributed by atoms with Gasteiger partial charge in [-0.3, -0.25) is 0 Å². The zero-order valence-corrected chi connectivity index (χ0v) is 23.9. The van der Waals surface area contributed by atoms with Crippen molar-refractivity contribution < 1.29 is 19.1 Å². The number of amides is 1. The lowest BCUT2D eigenvalue weighted by atomic mass is 9.71. The molecule has 1 aliphatic carbocycles. The first-order valence-electron chi connectivity index (χ1n) is 13.3. The molecule has 1 aliphatic rings. The Hall–Kier alpha value is -2.15. The highest BCUT2D eigenvalue weighted by Gasteiger charge is 2.51. The molecule has 0 saturated heterocycles. The van der Waals surface area contributed by atoms with E-state index in [0.717, 1.165) is 12.8 Å². The van der Waals surface area contributed by atoms with Crippen molar-refractivity contribution in [3.63, 3.8) is 0 Å². The number of hydrogen-bond acceptors (Lipinski definition) is 4. The Morgan fingerprint density at radius 3 is 1.89 bits per heavy atom. The summed E-state index contributed by atoms with van der Waals surface area (Å²) in [4.78, 5) is 12.9. The van der Waals surface area contributed by atoms with Crippen molar-refractivity contribution in [1.29, 1.82) is 0 Å². The van der Waals surface area contributed by atoms with Crippen LogP contribution in [0.5, 0.6) is 0 Å². The number of aliphatic hydroxyl groups is 1. The normalized spacial score (nSPS) is 16.6. The summed E-state index contributed by atoms with van der Waals surface area (Å²) in [6.07, 6.45) is 3.64. The number of carbonyl (C=O) groups excluding carboxylic acids is 1. The Morgan fingerprint density at radius 2 is 1.50 bits per heavy atom. The van der Waals surface area contributed by atoms with E-state index < -0.39 is 20.0 Å². The molecule has 0 spiro atoms. The third-order valence-electron chi connectivity index (χ3n) is 7.33. The maximum Gasteiger partial charge on any atom is 0.407 e. The third kappa shape index (κ3) is 6.78. The fraction of sp³-hybridized carbons (Fsp3) is 0.567. The van der Waals surface area contributed by atoms with Crippen molar-refractivity contribution in [2.45, 2.75) is 83.9 Å². The molecule has 2 aromatic rings. The van der Waals surface area contributed by atoms with Gasteiger partial charge in [-0.25, -0.2) is 4.79 Å². The van der Waals surface area contributed by atoms with Gasteiger partial charge in [-0.1, -0.05) is 101 Å². The van der Waals surface area contributed by atoms with Crippen LogP contribution in [-0.2, 0) is 9.16 Å². The number of hydrogen-bond donors (Lipinski definition) is 2. The zero-order chi connectivity index (χ0) is 26.4. The summed E-state index contributed by atoms with van der Waals surface area (Å²) in [5, 5.41) is 15.3. The first kappa shape index (κ1) is 28.4. The molecule has 6 heteroatoms. The fourth-order valence-corrected chi connectivity index (χ4v) is 10.1.